The van der Waals surface area contributed by atoms with E-state index in [4.69, 9.17) is 16.0 Å². The maximum absolute atomic E-state index is 13.0. The fraction of sp³-hybridized carbons (Fsp3) is 0.143. The molecule has 4 aromatic heterocycles. The van der Waals surface area contributed by atoms with Gasteiger partial charge in [-0.3, -0.25) is 18.6 Å². The van der Waals surface area contributed by atoms with Gasteiger partial charge >= 0.3 is 0 Å². The average molecular weight is 486 g/mol. The maximum Gasteiger partial charge on any atom is 0.273 e. The largest absolute Gasteiger partial charge is 0.467 e. The number of nitrogens with zero attached hydrogens (tertiary/aromatic N) is 4. The Morgan fingerprint density at radius 2 is 2.12 bits per heavy atom. The van der Waals surface area contributed by atoms with Gasteiger partial charge in [-0.1, -0.05) is 29.4 Å². The highest BCUT2D eigenvalue weighted by Crippen LogP contribution is 2.26. The van der Waals surface area contributed by atoms with Crippen molar-refractivity contribution < 1.29 is 9.21 Å². The number of hydrogen-bond acceptors (Lipinski definition) is 7. The highest BCUT2D eigenvalue weighted by Gasteiger charge is 2.19. The van der Waals surface area contributed by atoms with Gasteiger partial charge in [-0.25, -0.2) is 0 Å². The van der Waals surface area contributed by atoms with E-state index in [1.54, 1.807) is 41.0 Å². The maximum atomic E-state index is 13.0. The Morgan fingerprint density at radius 3 is 2.94 bits per heavy atom. The van der Waals surface area contributed by atoms with Crippen LogP contribution in [-0.2, 0) is 11.3 Å². The number of furan rings is 1. The first-order valence-electron chi connectivity index (χ1n) is 9.58. The summed E-state index contributed by atoms with van der Waals surface area (Å²) in [5.74, 6) is 0.960. The second-order valence-electron chi connectivity index (χ2n) is 6.97. The molecule has 1 amide bonds. The molecule has 0 aliphatic carbocycles. The van der Waals surface area contributed by atoms with E-state index >= 15 is 0 Å². The molecule has 4 heterocycles. The molecular weight excluding hydrogens is 470 g/mol. The number of hydrogen-bond donors (Lipinski definition) is 1. The number of anilines is 1. The van der Waals surface area contributed by atoms with Crippen molar-refractivity contribution in [3.63, 3.8) is 0 Å². The van der Waals surface area contributed by atoms with E-state index in [0.29, 0.717) is 37.6 Å². The van der Waals surface area contributed by atoms with Crippen molar-refractivity contribution >= 4 is 62.3 Å². The van der Waals surface area contributed by atoms with Crippen LogP contribution < -0.4 is 10.9 Å². The number of thioether (sulfide) groups is 1. The summed E-state index contributed by atoms with van der Waals surface area (Å²) < 4.78 is 9.34. The lowest BCUT2D eigenvalue weighted by Crippen LogP contribution is -2.23. The standard InChI is InChI=1S/C21H16ClN5O3S2/c1-12-14(22)5-2-6-15(12)23-17(28)11-32-21-25-24-20-26(10-13-4-3-8-30-13)19(29)18-16(27(20)21)7-9-31-18/h2-9H,10-11H2,1H3,(H,23,28). The van der Waals surface area contributed by atoms with Crippen LogP contribution in [0, 0.1) is 6.92 Å². The van der Waals surface area contributed by atoms with E-state index < -0.39 is 0 Å². The number of rotatable bonds is 6. The van der Waals surface area contributed by atoms with Crippen LogP contribution in [0.4, 0.5) is 5.69 Å². The second kappa shape index (κ2) is 8.45. The monoisotopic (exact) mass is 485 g/mol. The van der Waals surface area contributed by atoms with Crippen molar-refractivity contribution in [3.8, 4) is 0 Å². The van der Waals surface area contributed by atoms with Gasteiger partial charge in [0.25, 0.3) is 5.56 Å². The molecule has 0 saturated carbocycles. The van der Waals surface area contributed by atoms with Gasteiger partial charge in [-0.05, 0) is 48.2 Å². The molecule has 11 heteroatoms. The molecule has 0 spiro atoms. The highest BCUT2D eigenvalue weighted by molar-refractivity contribution is 7.99. The Balaban J connectivity index is 1.46. The van der Waals surface area contributed by atoms with Crippen LogP contribution in [0.3, 0.4) is 0 Å². The molecule has 8 nitrogen and oxygen atoms in total. The molecule has 0 aliphatic rings. The van der Waals surface area contributed by atoms with E-state index in [1.807, 2.05) is 18.4 Å². The molecule has 0 unspecified atom stereocenters. The third kappa shape index (κ3) is 3.70. The molecule has 5 rings (SSSR count). The van der Waals surface area contributed by atoms with Gasteiger partial charge in [0, 0.05) is 10.7 Å². The number of benzene rings is 1. The normalized spacial score (nSPS) is 11.4. The minimum absolute atomic E-state index is 0.121. The van der Waals surface area contributed by atoms with E-state index in [1.165, 1.54) is 27.7 Å². The molecule has 0 radical (unpaired) electrons. The van der Waals surface area contributed by atoms with Crippen LogP contribution in [-0.4, -0.2) is 30.8 Å². The molecule has 0 bridgehead atoms. The summed E-state index contributed by atoms with van der Waals surface area (Å²) in [5, 5.41) is 14.3. The van der Waals surface area contributed by atoms with Crippen molar-refractivity contribution in [2.75, 3.05) is 11.1 Å². The summed E-state index contributed by atoms with van der Waals surface area (Å²) in [7, 11) is 0. The molecule has 162 valence electrons. The molecule has 32 heavy (non-hydrogen) atoms. The van der Waals surface area contributed by atoms with Gasteiger partial charge in [-0.2, -0.15) is 0 Å². The zero-order valence-corrected chi connectivity index (χ0v) is 19.1. The second-order valence-corrected chi connectivity index (χ2v) is 9.24. The lowest BCUT2D eigenvalue weighted by Gasteiger charge is -2.10. The van der Waals surface area contributed by atoms with Crippen molar-refractivity contribution in [1.82, 2.24) is 19.2 Å². The number of carbonyl (C=O) groups is 1. The number of thiophene rings is 1. The fourth-order valence-corrected chi connectivity index (χ4v) is 5.09. The van der Waals surface area contributed by atoms with Gasteiger partial charge in [0.1, 0.15) is 10.5 Å². The summed E-state index contributed by atoms with van der Waals surface area (Å²) >= 11 is 8.73. The molecule has 0 fully saturated rings. The number of aromatic nitrogens is 4. The predicted molar refractivity (Wildman–Crippen MR) is 126 cm³/mol. The predicted octanol–water partition coefficient (Wildman–Crippen LogP) is 4.44. The third-order valence-electron chi connectivity index (χ3n) is 4.95. The highest BCUT2D eigenvalue weighted by atomic mass is 35.5. The van der Waals surface area contributed by atoms with Crippen LogP contribution in [0.2, 0.25) is 5.02 Å². The molecule has 0 atom stereocenters. The first-order valence-corrected chi connectivity index (χ1v) is 11.8. The summed E-state index contributed by atoms with van der Waals surface area (Å²) in [4.78, 5) is 25.6. The Labute approximate surface area is 194 Å². The van der Waals surface area contributed by atoms with Crippen LogP contribution in [0.15, 0.2) is 62.4 Å². The van der Waals surface area contributed by atoms with Crippen LogP contribution in [0.5, 0.6) is 0 Å². The van der Waals surface area contributed by atoms with E-state index in [2.05, 4.69) is 15.5 Å². The summed E-state index contributed by atoms with van der Waals surface area (Å²) in [6.45, 7) is 2.09. The number of halogens is 1. The minimum Gasteiger partial charge on any atom is -0.467 e. The summed E-state index contributed by atoms with van der Waals surface area (Å²) in [6, 6.07) is 10.8. The quantitative estimate of drug-likeness (QED) is 0.357. The number of carbonyl (C=O) groups excluding carboxylic acids is 1. The van der Waals surface area contributed by atoms with E-state index in [9.17, 15) is 9.59 Å². The average Bonchev–Trinajstić information content (AvgIpc) is 3.53. The Hall–Kier alpha value is -3.08. The van der Waals surface area contributed by atoms with E-state index in [-0.39, 0.29) is 23.8 Å². The zero-order valence-electron chi connectivity index (χ0n) is 16.7. The van der Waals surface area contributed by atoms with Crippen LogP contribution in [0.1, 0.15) is 11.3 Å². The van der Waals surface area contributed by atoms with Gasteiger partial charge in [0.2, 0.25) is 11.7 Å². The van der Waals surface area contributed by atoms with Crippen molar-refractivity contribution in [3.05, 3.63) is 74.7 Å². The SMILES string of the molecule is Cc1c(Cl)cccc1NC(=O)CSc1nnc2n(Cc3ccco3)c(=O)c3sccc3n12. The third-order valence-corrected chi connectivity index (χ3v) is 7.18. The van der Waals surface area contributed by atoms with Crippen LogP contribution in [0.25, 0.3) is 16.0 Å². The lowest BCUT2D eigenvalue weighted by molar-refractivity contribution is -0.113. The molecule has 5 aromatic rings. The summed E-state index contributed by atoms with van der Waals surface area (Å²) in [6.07, 6.45) is 1.56. The number of amides is 1. The van der Waals surface area contributed by atoms with Gasteiger partial charge < -0.3 is 9.73 Å². The Kier molecular flexibility index (Phi) is 5.50. The fourth-order valence-electron chi connectivity index (χ4n) is 3.35. The molecule has 1 aromatic carbocycles. The number of nitrogens with one attached hydrogen (secondary N) is 1. The molecular formula is C21H16ClN5O3S2. The Morgan fingerprint density at radius 1 is 1.25 bits per heavy atom. The van der Waals surface area contributed by atoms with Crippen molar-refractivity contribution in [2.24, 2.45) is 0 Å². The van der Waals surface area contributed by atoms with Gasteiger partial charge in [0.15, 0.2) is 5.16 Å². The first-order chi connectivity index (χ1) is 15.5. The van der Waals surface area contributed by atoms with Crippen molar-refractivity contribution in [2.45, 2.75) is 18.6 Å². The van der Waals surface area contributed by atoms with Gasteiger partial charge in [0.05, 0.1) is 24.1 Å². The Bertz CT molecular complexity index is 1500. The lowest BCUT2D eigenvalue weighted by atomic mass is 10.2. The summed E-state index contributed by atoms with van der Waals surface area (Å²) in [5.41, 5.74) is 2.03. The smallest absolute Gasteiger partial charge is 0.273 e. The van der Waals surface area contributed by atoms with Crippen LogP contribution >= 0.6 is 34.7 Å². The zero-order chi connectivity index (χ0) is 22.2. The molecule has 0 aliphatic heterocycles. The molecule has 0 saturated heterocycles. The first kappa shape index (κ1) is 20.8. The number of fused-ring (bicyclic) bond motifs is 3. The minimum atomic E-state index is -0.192. The van der Waals surface area contributed by atoms with Gasteiger partial charge in [-0.15, -0.1) is 21.5 Å². The topological polar surface area (TPSA) is 94.4 Å². The molecule has 1 N–H and O–H groups in total. The van der Waals surface area contributed by atoms with E-state index in [0.717, 1.165) is 5.56 Å². The van der Waals surface area contributed by atoms with Crippen molar-refractivity contribution in [1.29, 1.82) is 0 Å².